The molecule has 1 amide bonds. The monoisotopic (exact) mass is 274 g/mol. The summed E-state index contributed by atoms with van der Waals surface area (Å²) < 4.78 is 5.33. The van der Waals surface area contributed by atoms with E-state index in [-0.39, 0.29) is 12.5 Å². The number of amides is 1. The Kier molecular flexibility index (Phi) is 4.69. The number of ether oxygens (including phenoxy) is 1. The van der Waals surface area contributed by atoms with Crippen LogP contribution in [0.25, 0.3) is 0 Å². The van der Waals surface area contributed by atoms with Crippen LogP contribution in [-0.2, 0) is 4.79 Å². The summed E-state index contributed by atoms with van der Waals surface area (Å²) in [6, 6.07) is 11.4. The van der Waals surface area contributed by atoms with Gasteiger partial charge >= 0.3 is 0 Å². The van der Waals surface area contributed by atoms with E-state index in [1.54, 1.807) is 17.6 Å². The van der Waals surface area contributed by atoms with Crippen LogP contribution in [0.3, 0.4) is 0 Å². The Morgan fingerprint density at radius 1 is 1.37 bits per heavy atom. The van der Waals surface area contributed by atoms with Crippen molar-refractivity contribution in [1.29, 1.82) is 0 Å². The summed E-state index contributed by atoms with van der Waals surface area (Å²) in [6.07, 6.45) is 1.61. The van der Waals surface area contributed by atoms with Crippen LogP contribution in [0.4, 0.5) is 0 Å². The number of nitrogens with zero attached hydrogens (tertiary/aromatic N) is 1. The van der Waals surface area contributed by atoms with Gasteiger partial charge in [0.15, 0.2) is 6.61 Å². The summed E-state index contributed by atoms with van der Waals surface area (Å²) in [7, 11) is 0. The fraction of sp³-hybridized carbons (Fsp3) is 0.143. The minimum absolute atomic E-state index is 0.0508. The smallest absolute Gasteiger partial charge is 0.277 e. The molecule has 1 aromatic heterocycles. The van der Waals surface area contributed by atoms with Gasteiger partial charge in [-0.15, -0.1) is 11.3 Å². The molecule has 0 aliphatic carbocycles. The summed E-state index contributed by atoms with van der Waals surface area (Å²) in [6.45, 7) is 1.95. The van der Waals surface area contributed by atoms with Crippen LogP contribution in [0.5, 0.6) is 5.75 Å². The third-order valence-corrected chi connectivity index (χ3v) is 3.12. The van der Waals surface area contributed by atoms with Gasteiger partial charge in [-0.25, -0.2) is 5.43 Å². The van der Waals surface area contributed by atoms with Gasteiger partial charge in [-0.2, -0.15) is 5.10 Å². The lowest BCUT2D eigenvalue weighted by atomic mass is 10.2. The first-order chi connectivity index (χ1) is 9.24. The van der Waals surface area contributed by atoms with Gasteiger partial charge in [0.25, 0.3) is 5.91 Å². The van der Waals surface area contributed by atoms with E-state index in [4.69, 9.17) is 4.74 Å². The number of hydrogen-bond donors (Lipinski definition) is 1. The van der Waals surface area contributed by atoms with Gasteiger partial charge in [-0.05, 0) is 30.5 Å². The maximum atomic E-state index is 11.5. The average molecular weight is 274 g/mol. The summed E-state index contributed by atoms with van der Waals surface area (Å²) in [5, 5.41) is 5.79. The molecule has 0 fully saturated rings. The third-order valence-electron chi connectivity index (χ3n) is 2.32. The van der Waals surface area contributed by atoms with Crippen molar-refractivity contribution in [1.82, 2.24) is 5.43 Å². The van der Waals surface area contributed by atoms with Gasteiger partial charge < -0.3 is 4.74 Å². The number of carbonyl (C=O) groups is 1. The second-order valence-electron chi connectivity index (χ2n) is 3.91. The van der Waals surface area contributed by atoms with E-state index in [0.29, 0.717) is 5.75 Å². The van der Waals surface area contributed by atoms with Crippen molar-refractivity contribution >= 4 is 23.5 Å². The largest absolute Gasteiger partial charge is 0.484 e. The topological polar surface area (TPSA) is 50.7 Å². The molecule has 0 aliphatic rings. The van der Waals surface area contributed by atoms with Crippen molar-refractivity contribution in [3.8, 4) is 5.75 Å². The van der Waals surface area contributed by atoms with Gasteiger partial charge in [-0.3, -0.25) is 4.79 Å². The molecule has 1 aromatic carbocycles. The highest BCUT2D eigenvalue weighted by molar-refractivity contribution is 7.11. The molecule has 2 rings (SSSR count). The molecule has 5 heteroatoms. The number of carbonyl (C=O) groups excluding carboxylic acids is 1. The maximum Gasteiger partial charge on any atom is 0.277 e. The van der Waals surface area contributed by atoms with Gasteiger partial charge in [-0.1, -0.05) is 23.8 Å². The van der Waals surface area contributed by atoms with Crippen LogP contribution >= 0.6 is 11.3 Å². The van der Waals surface area contributed by atoms with Crippen LogP contribution in [0.15, 0.2) is 46.9 Å². The van der Waals surface area contributed by atoms with Crippen molar-refractivity contribution in [3.63, 3.8) is 0 Å². The fourth-order valence-corrected chi connectivity index (χ4v) is 1.93. The number of aryl methyl sites for hydroxylation is 1. The maximum absolute atomic E-state index is 11.5. The van der Waals surface area contributed by atoms with Crippen molar-refractivity contribution in [2.24, 2.45) is 5.10 Å². The molecular weight excluding hydrogens is 260 g/mol. The van der Waals surface area contributed by atoms with Crippen LogP contribution in [-0.4, -0.2) is 18.7 Å². The number of nitrogens with one attached hydrogen (secondary N) is 1. The summed E-state index contributed by atoms with van der Waals surface area (Å²) in [5.74, 6) is 0.386. The SMILES string of the molecule is Cc1ccc(OCC(=O)NN=Cc2cccs2)cc1. The van der Waals surface area contributed by atoms with E-state index in [2.05, 4.69) is 10.5 Å². The van der Waals surface area contributed by atoms with Gasteiger partial charge in [0.05, 0.1) is 6.21 Å². The first-order valence-electron chi connectivity index (χ1n) is 5.79. The zero-order valence-electron chi connectivity index (χ0n) is 10.5. The zero-order chi connectivity index (χ0) is 13.5. The molecule has 0 unspecified atom stereocenters. The number of rotatable bonds is 5. The van der Waals surface area contributed by atoms with E-state index < -0.39 is 0 Å². The molecule has 0 aliphatic heterocycles. The Labute approximate surface area is 115 Å². The summed E-state index contributed by atoms with van der Waals surface area (Å²) in [4.78, 5) is 12.5. The molecular formula is C14H14N2O2S. The average Bonchev–Trinajstić information content (AvgIpc) is 2.91. The highest BCUT2D eigenvalue weighted by atomic mass is 32.1. The molecule has 19 heavy (non-hydrogen) atoms. The Balaban J connectivity index is 1.74. The lowest BCUT2D eigenvalue weighted by molar-refractivity contribution is -0.123. The van der Waals surface area contributed by atoms with Crippen molar-refractivity contribution in [2.75, 3.05) is 6.61 Å². The minimum Gasteiger partial charge on any atom is -0.484 e. The predicted molar refractivity (Wildman–Crippen MR) is 76.7 cm³/mol. The minimum atomic E-state index is -0.284. The van der Waals surface area contributed by atoms with E-state index in [1.165, 1.54) is 0 Å². The number of thiophene rings is 1. The van der Waals surface area contributed by atoms with E-state index >= 15 is 0 Å². The molecule has 0 spiro atoms. The highest BCUT2D eigenvalue weighted by Crippen LogP contribution is 2.10. The predicted octanol–water partition coefficient (Wildman–Crippen LogP) is 2.59. The molecule has 0 saturated carbocycles. The van der Waals surface area contributed by atoms with E-state index in [1.807, 2.05) is 48.7 Å². The molecule has 0 atom stereocenters. The van der Waals surface area contributed by atoms with Crippen molar-refractivity contribution < 1.29 is 9.53 Å². The molecule has 0 radical (unpaired) electrons. The number of hydrogen-bond acceptors (Lipinski definition) is 4. The molecule has 0 saturated heterocycles. The normalized spacial score (nSPS) is 10.6. The standard InChI is InChI=1S/C14H14N2O2S/c1-11-4-6-12(7-5-11)18-10-14(17)16-15-9-13-3-2-8-19-13/h2-9H,10H2,1H3,(H,16,17). The summed E-state index contributed by atoms with van der Waals surface area (Å²) in [5.41, 5.74) is 3.57. The Bertz CT molecular complexity index is 547. The lowest BCUT2D eigenvalue weighted by Gasteiger charge is -2.04. The van der Waals surface area contributed by atoms with Crippen LogP contribution < -0.4 is 10.2 Å². The molecule has 1 heterocycles. The van der Waals surface area contributed by atoms with Gasteiger partial charge in [0, 0.05) is 4.88 Å². The Morgan fingerprint density at radius 3 is 2.84 bits per heavy atom. The lowest BCUT2D eigenvalue weighted by Crippen LogP contribution is -2.24. The van der Waals surface area contributed by atoms with Crippen LogP contribution in [0.2, 0.25) is 0 Å². The zero-order valence-corrected chi connectivity index (χ0v) is 11.3. The van der Waals surface area contributed by atoms with Crippen molar-refractivity contribution in [3.05, 3.63) is 52.2 Å². The van der Waals surface area contributed by atoms with Crippen molar-refractivity contribution in [2.45, 2.75) is 6.92 Å². The van der Waals surface area contributed by atoms with Gasteiger partial charge in [0.2, 0.25) is 0 Å². The molecule has 4 nitrogen and oxygen atoms in total. The molecule has 0 bridgehead atoms. The first kappa shape index (κ1) is 13.3. The Morgan fingerprint density at radius 2 is 2.16 bits per heavy atom. The fourth-order valence-electron chi connectivity index (χ4n) is 1.35. The van der Waals surface area contributed by atoms with E-state index in [0.717, 1.165) is 10.4 Å². The number of benzene rings is 1. The van der Waals surface area contributed by atoms with Gasteiger partial charge in [0.1, 0.15) is 5.75 Å². The molecule has 1 N–H and O–H groups in total. The number of hydrazone groups is 1. The quantitative estimate of drug-likeness (QED) is 0.673. The van der Waals surface area contributed by atoms with Crippen LogP contribution in [0, 0.1) is 6.92 Å². The Hall–Kier alpha value is -2.14. The van der Waals surface area contributed by atoms with Crippen LogP contribution in [0.1, 0.15) is 10.4 Å². The molecule has 98 valence electrons. The first-order valence-corrected chi connectivity index (χ1v) is 6.67. The second kappa shape index (κ2) is 6.70. The highest BCUT2D eigenvalue weighted by Gasteiger charge is 2.00. The summed E-state index contributed by atoms with van der Waals surface area (Å²) >= 11 is 1.55. The molecule has 2 aromatic rings. The van der Waals surface area contributed by atoms with E-state index in [9.17, 15) is 4.79 Å². The second-order valence-corrected chi connectivity index (χ2v) is 4.89. The third kappa shape index (κ3) is 4.56.